The number of amides is 1. The first kappa shape index (κ1) is 5.28. The highest BCUT2D eigenvalue weighted by atomic mass is 16.2. The van der Waals surface area contributed by atoms with Gasteiger partial charge in [0.05, 0.1) is 5.71 Å². The van der Waals surface area contributed by atoms with Crippen LogP contribution in [0.1, 0.15) is 6.92 Å². The summed E-state index contributed by atoms with van der Waals surface area (Å²) in [5.41, 5.74) is 0.618. The van der Waals surface area contributed by atoms with E-state index in [4.69, 9.17) is 0 Å². The van der Waals surface area contributed by atoms with E-state index in [1.807, 2.05) is 0 Å². The lowest BCUT2D eigenvalue weighted by Crippen LogP contribution is -2.24. The van der Waals surface area contributed by atoms with Gasteiger partial charge in [0.2, 0.25) is 0 Å². The highest BCUT2D eigenvalue weighted by Crippen LogP contribution is 1.96. The molecule has 0 aromatic carbocycles. The maximum absolute atomic E-state index is 10.7. The molecule has 0 atom stereocenters. The Morgan fingerprint density at radius 2 is 2.38 bits per heavy atom. The summed E-state index contributed by atoms with van der Waals surface area (Å²) in [4.78, 5) is 16.2. The molecule has 0 spiro atoms. The molecular formula is C5H8N2O. The molecule has 1 aliphatic rings. The van der Waals surface area contributed by atoms with Crippen LogP contribution in [-0.2, 0) is 4.79 Å². The summed E-state index contributed by atoms with van der Waals surface area (Å²) >= 11 is 0. The molecule has 0 aromatic heterocycles. The number of rotatable bonds is 0. The van der Waals surface area contributed by atoms with Gasteiger partial charge in [0, 0.05) is 7.05 Å². The van der Waals surface area contributed by atoms with Gasteiger partial charge in [-0.2, -0.15) is 0 Å². The zero-order valence-electron chi connectivity index (χ0n) is 5.01. The number of carbonyl (C=O) groups is 1. The molecule has 1 rings (SSSR count). The third-order valence-electron chi connectivity index (χ3n) is 1.18. The van der Waals surface area contributed by atoms with Gasteiger partial charge in [-0.15, -0.1) is 0 Å². The van der Waals surface area contributed by atoms with Gasteiger partial charge < -0.3 is 4.90 Å². The Balaban J connectivity index is 2.73. The second-order valence-corrected chi connectivity index (χ2v) is 1.89. The van der Waals surface area contributed by atoms with Crippen molar-refractivity contribution in [3.63, 3.8) is 0 Å². The normalized spacial score (nSPS) is 19.5. The molecule has 0 fully saturated rings. The zero-order valence-corrected chi connectivity index (χ0v) is 5.01. The number of nitrogens with zero attached hydrogens (tertiary/aromatic N) is 2. The summed E-state index contributed by atoms with van der Waals surface area (Å²) in [7, 11) is 1.74. The molecule has 0 aliphatic carbocycles. The first-order valence-corrected chi connectivity index (χ1v) is 2.48. The molecular weight excluding hydrogens is 104 g/mol. The van der Waals surface area contributed by atoms with E-state index in [1.165, 1.54) is 0 Å². The number of hydrogen-bond acceptors (Lipinski definition) is 2. The number of hydrogen-bond donors (Lipinski definition) is 0. The maximum atomic E-state index is 10.7. The SMILES string of the molecule is CC1=NCN(C)C1=O. The minimum Gasteiger partial charge on any atom is -0.321 e. The largest absolute Gasteiger partial charge is 0.321 e. The molecule has 3 heteroatoms. The van der Waals surface area contributed by atoms with Gasteiger partial charge in [-0.25, -0.2) is 0 Å². The van der Waals surface area contributed by atoms with Gasteiger partial charge >= 0.3 is 0 Å². The predicted molar refractivity (Wildman–Crippen MR) is 30.7 cm³/mol. The second-order valence-electron chi connectivity index (χ2n) is 1.89. The molecule has 3 nitrogen and oxygen atoms in total. The van der Waals surface area contributed by atoms with E-state index in [2.05, 4.69) is 4.99 Å². The fraction of sp³-hybridized carbons (Fsp3) is 0.600. The second kappa shape index (κ2) is 1.58. The van der Waals surface area contributed by atoms with Gasteiger partial charge in [-0.3, -0.25) is 9.79 Å². The van der Waals surface area contributed by atoms with Gasteiger partial charge in [-0.1, -0.05) is 0 Å². The van der Waals surface area contributed by atoms with Crippen LogP contribution in [0.4, 0.5) is 0 Å². The van der Waals surface area contributed by atoms with Gasteiger partial charge in [-0.05, 0) is 6.92 Å². The summed E-state index contributed by atoms with van der Waals surface area (Å²) in [6.45, 7) is 2.26. The van der Waals surface area contributed by atoms with Gasteiger partial charge in [0.1, 0.15) is 6.67 Å². The minimum atomic E-state index is 0.0463. The molecule has 0 saturated heterocycles. The van der Waals surface area contributed by atoms with E-state index >= 15 is 0 Å². The number of carbonyl (C=O) groups excluding carboxylic acids is 1. The molecule has 0 bridgehead atoms. The van der Waals surface area contributed by atoms with Crippen LogP contribution in [0.3, 0.4) is 0 Å². The van der Waals surface area contributed by atoms with Crippen LogP contribution in [0.2, 0.25) is 0 Å². The number of aliphatic imine (C=N–C) groups is 1. The Kier molecular flexibility index (Phi) is 1.04. The third kappa shape index (κ3) is 0.598. The average Bonchev–Trinajstić information content (AvgIpc) is 1.98. The van der Waals surface area contributed by atoms with Crippen LogP contribution in [-0.4, -0.2) is 30.2 Å². The summed E-state index contributed by atoms with van der Waals surface area (Å²) in [5, 5.41) is 0. The zero-order chi connectivity index (χ0) is 6.15. The summed E-state index contributed by atoms with van der Waals surface area (Å²) in [6, 6.07) is 0. The summed E-state index contributed by atoms with van der Waals surface area (Å²) < 4.78 is 0. The Morgan fingerprint density at radius 3 is 2.50 bits per heavy atom. The van der Waals surface area contributed by atoms with Crippen LogP contribution in [0.15, 0.2) is 4.99 Å². The fourth-order valence-electron chi connectivity index (χ4n) is 0.620. The smallest absolute Gasteiger partial charge is 0.268 e. The quantitative estimate of drug-likeness (QED) is 0.430. The van der Waals surface area contributed by atoms with Gasteiger partial charge in [0.15, 0.2) is 0 Å². The lowest BCUT2D eigenvalue weighted by Gasteiger charge is -2.02. The van der Waals surface area contributed by atoms with Crippen LogP contribution in [0, 0.1) is 0 Å². The van der Waals surface area contributed by atoms with Crippen molar-refractivity contribution in [2.45, 2.75) is 6.92 Å². The first-order valence-electron chi connectivity index (χ1n) is 2.48. The van der Waals surface area contributed by atoms with Crippen molar-refractivity contribution in [3.8, 4) is 0 Å². The molecule has 1 aliphatic heterocycles. The Bertz CT molecular complexity index is 151. The van der Waals surface area contributed by atoms with E-state index in [0.717, 1.165) is 0 Å². The minimum absolute atomic E-state index is 0.0463. The van der Waals surface area contributed by atoms with Crippen molar-refractivity contribution >= 4 is 11.6 Å². The fourth-order valence-corrected chi connectivity index (χ4v) is 0.620. The van der Waals surface area contributed by atoms with E-state index in [1.54, 1.807) is 18.9 Å². The van der Waals surface area contributed by atoms with Crippen molar-refractivity contribution in [1.82, 2.24) is 4.90 Å². The van der Waals surface area contributed by atoms with Crippen molar-refractivity contribution in [2.75, 3.05) is 13.7 Å². The molecule has 44 valence electrons. The van der Waals surface area contributed by atoms with E-state index in [9.17, 15) is 4.79 Å². The molecule has 1 heterocycles. The van der Waals surface area contributed by atoms with Crippen molar-refractivity contribution in [1.29, 1.82) is 0 Å². The average molecular weight is 112 g/mol. The van der Waals surface area contributed by atoms with Crippen molar-refractivity contribution in [2.24, 2.45) is 4.99 Å². The van der Waals surface area contributed by atoms with E-state index < -0.39 is 0 Å². The van der Waals surface area contributed by atoms with E-state index in [-0.39, 0.29) is 5.91 Å². The summed E-state index contributed by atoms with van der Waals surface area (Å²) in [6.07, 6.45) is 0. The lowest BCUT2D eigenvalue weighted by molar-refractivity contribution is -0.121. The van der Waals surface area contributed by atoms with Crippen LogP contribution >= 0.6 is 0 Å². The van der Waals surface area contributed by atoms with Crippen LogP contribution in [0.5, 0.6) is 0 Å². The van der Waals surface area contributed by atoms with E-state index in [0.29, 0.717) is 12.4 Å². The topological polar surface area (TPSA) is 32.7 Å². The van der Waals surface area contributed by atoms with Crippen LogP contribution < -0.4 is 0 Å². The van der Waals surface area contributed by atoms with Gasteiger partial charge in [0.25, 0.3) is 5.91 Å². The molecule has 0 unspecified atom stereocenters. The summed E-state index contributed by atoms with van der Waals surface area (Å²) in [5.74, 6) is 0.0463. The van der Waals surface area contributed by atoms with Crippen molar-refractivity contribution in [3.05, 3.63) is 0 Å². The maximum Gasteiger partial charge on any atom is 0.268 e. The Hall–Kier alpha value is -0.860. The van der Waals surface area contributed by atoms with Crippen molar-refractivity contribution < 1.29 is 4.79 Å². The molecule has 1 amide bonds. The Morgan fingerprint density at radius 1 is 1.75 bits per heavy atom. The molecule has 0 radical (unpaired) electrons. The third-order valence-corrected chi connectivity index (χ3v) is 1.18. The molecule has 0 saturated carbocycles. The standard InChI is InChI=1S/C5H8N2O/c1-4-5(8)7(2)3-6-4/h3H2,1-2H3. The molecule has 0 aromatic rings. The predicted octanol–water partition coefficient (Wildman–Crippen LogP) is -0.123. The van der Waals surface area contributed by atoms with Crippen LogP contribution in [0.25, 0.3) is 0 Å². The highest BCUT2D eigenvalue weighted by molar-refractivity contribution is 6.38. The first-order chi connectivity index (χ1) is 3.72. The monoisotopic (exact) mass is 112 g/mol. The molecule has 8 heavy (non-hydrogen) atoms. The Labute approximate surface area is 48.0 Å². The molecule has 0 N–H and O–H groups in total. The highest BCUT2D eigenvalue weighted by Gasteiger charge is 2.16. The lowest BCUT2D eigenvalue weighted by atomic mass is 10.4.